The van der Waals surface area contributed by atoms with Gasteiger partial charge in [0, 0.05) is 81.4 Å². The SMILES string of the molecule is CC#CC(=O)N1CC[C@H](C(=O)N(C)[C@H](C(=O)N[C@H]2Cc3cc(O)cc(c3)-c3ccc4c(c3)c(c(-c3cc(CN(C)C)cnc3[C@H](C)OC)n4CC)CC(C)(C)COC(=O)[C@@H]3CCCN(N3)C2=O)C(C)C)C1. The number of hydrazine groups is 1. The van der Waals surface area contributed by atoms with Crippen LogP contribution in [0.1, 0.15) is 96.2 Å². The number of amides is 4. The molecule has 0 saturated carbocycles. The highest BCUT2D eigenvalue weighted by Gasteiger charge is 2.40. The smallest absolute Gasteiger partial charge is 0.324 e. The molecule has 0 unspecified atom stereocenters. The van der Waals surface area contributed by atoms with Crippen LogP contribution in [-0.2, 0) is 59.4 Å². The number of nitrogens with zero attached hydrogens (tertiary/aromatic N) is 6. The maximum Gasteiger partial charge on any atom is 0.324 e. The van der Waals surface area contributed by atoms with E-state index in [1.54, 1.807) is 38.1 Å². The van der Waals surface area contributed by atoms with Crippen LogP contribution in [0.2, 0.25) is 0 Å². The van der Waals surface area contributed by atoms with Gasteiger partial charge < -0.3 is 39.2 Å². The summed E-state index contributed by atoms with van der Waals surface area (Å²) in [4.78, 5) is 80.1. The molecule has 2 aromatic heterocycles. The van der Waals surface area contributed by atoms with Crippen molar-refractivity contribution >= 4 is 40.5 Å². The molecule has 3 aliphatic rings. The van der Waals surface area contributed by atoms with Gasteiger partial charge in [0.05, 0.1) is 30.0 Å². The van der Waals surface area contributed by atoms with Crippen molar-refractivity contribution in [3.63, 3.8) is 0 Å². The second-order valence-corrected chi connectivity index (χ2v) is 20.9. The molecule has 16 heteroatoms. The van der Waals surface area contributed by atoms with Crippen molar-refractivity contribution in [3.05, 3.63) is 71.0 Å². The second kappa shape index (κ2) is 22.0. The molecule has 0 spiro atoms. The summed E-state index contributed by atoms with van der Waals surface area (Å²) in [7, 11) is 7.33. The summed E-state index contributed by atoms with van der Waals surface area (Å²) in [6.45, 7) is 15.8. The Hall–Kier alpha value is -6.28. The van der Waals surface area contributed by atoms with E-state index >= 15 is 0 Å². The summed E-state index contributed by atoms with van der Waals surface area (Å²) in [6.07, 6.45) is 3.48. The minimum absolute atomic E-state index is 0.0158. The number of cyclic esters (lactones) is 1. The predicted molar refractivity (Wildman–Crippen MR) is 272 cm³/mol. The Morgan fingerprint density at radius 3 is 2.49 bits per heavy atom. The van der Waals surface area contributed by atoms with E-state index in [4.69, 9.17) is 14.5 Å². The lowest BCUT2D eigenvalue weighted by atomic mass is 9.84. The van der Waals surface area contributed by atoms with Crippen molar-refractivity contribution in [1.29, 1.82) is 0 Å². The first-order valence-electron chi connectivity index (χ1n) is 24.9. The van der Waals surface area contributed by atoms with E-state index in [9.17, 15) is 29.1 Å². The van der Waals surface area contributed by atoms with Crippen LogP contribution in [0.25, 0.3) is 33.3 Å². The van der Waals surface area contributed by atoms with Crippen LogP contribution in [0.4, 0.5) is 0 Å². The molecule has 2 fully saturated rings. The highest BCUT2D eigenvalue weighted by molar-refractivity contribution is 5.97. The van der Waals surface area contributed by atoms with Crippen molar-refractivity contribution in [1.82, 2.24) is 40.0 Å². The van der Waals surface area contributed by atoms with Gasteiger partial charge in [0.25, 0.3) is 11.8 Å². The number of nitrogens with one attached hydrogen (secondary N) is 2. The molecule has 2 saturated heterocycles. The lowest BCUT2D eigenvalue weighted by Gasteiger charge is -2.37. The average Bonchev–Trinajstić information content (AvgIpc) is 3.95. The van der Waals surface area contributed by atoms with Crippen molar-refractivity contribution in [2.24, 2.45) is 17.3 Å². The Kier molecular flexibility index (Phi) is 16.3. The normalized spacial score (nSPS) is 20.3. The highest BCUT2D eigenvalue weighted by Crippen LogP contribution is 2.43. The quantitative estimate of drug-likeness (QED) is 0.121. The Morgan fingerprint density at radius 1 is 1.04 bits per heavy atom. The molecule has 71 heavy (non-hydrogen) atoms. The first-order valence-corrected chi connectivity index (χ1v) is 24.9. The Bertz CT molecular complexity index is 2730. The summed E-state index contributed by atoms with van der Waals surface area (Å²) < 4.78 is 14.4. The molecule has 0 radical (unpaired) electrons. The fraction of sp³-hybridized carbons (Fsp3) is 0.527. The number of likely N-dealkylation sites (tertiary alicyclic amines) is 1. The molecule has 380 valence electrons. The van der Waals surface area contributed by atoms with E-state index in [-0.39, 0.29) is 55.7 Å². The molecule has 2 aromatic carbocycles. The number of pyridine rings is 1. The van der Waals surface area contributed by atoms with Gasteiger partial charge in [0.1, 0.15) is 23.9 Å². The lowest BCUT2D eigenvalue weighted by molar-refractivity contribution is -0.155. The molecule has 3 N–H and O–H groups in total. The summed E-state index contributed by atoms with van der Waals surface area (Å²) >= 11 is 0. The number of aromatic hydroxyl groups is 1. The molecular formula is C55H72N8O8. The van der Waals surface area contributed by atoms with Crippen LogP contribution in [0, 0.1) is 29.1 Å². The van der Waals surface area contributed by atoms with Crippen molar-refractivity contribution in [3.8, 4) is 40.0 Å². The van der Waals surface area contributed by atoms with Crippen LogP contribution >= 0.6 is 0 Å². The number of phenols is 1. The van der Waals surface area contributed by atoms with Crippen LogP contribution in [-0.4, -0.2) is 137 Å². The van der Waals surface area contributed by atoms with E-state index in [0.717, 1.165) is 44.5 Å². The van der Waals surface area contributed by atoms with Gasteiger partial charge in [0.2, 0.25) is 11.8 Å². The van der Waals surface area contributed by atoms with Gasteiger partial charge in [-0.1, -0.05) is 45.7 Å². The topological polar surface area (TPSA) is 179 Å². The van der Waals surface area contributed by atoms with Crippen LogP contribution < -0.4 is 10.7 Å². The number of ether oxygens (including phenoxy) is 2. The third-order valence-corrected chi connectivity index (χ3v) is 14.0. The third kappa shape index (κ3) is 11.6. The van der Waals surface area contributed by atoms with Crippen molar-refractivity contribution < 1.29 is 38.6 Å². The number of aryl methyl sites for hydroxylation is 1. The lowest BCUT2D eigenvalue weighted by Crippen LogP contribution is -2.62. The number of phenolic OH excluding ortho intramolecular Hbond substituents is 1. The van der Waals surface area contributed by atoms with Crippen molar-refractivity contribution in [2.75, 3.05) is 54.5 Å². The minimum atomic E-state index is -1.18. The van der Waals surface area contributed by atoms with Gasteiger partial charge in [-0.3, -0.25) is 34.0 Å². The molecule has 5 atom stereocenters. The van der Waals surface area contributed by atoms with E-state index in [1.165, 1.54) is 9.91 Å². The van der Waals surface area contributed by atoms with E-state index < -0.39 is 47.2 Å². The zero-order valence-corrected chi connectivity index (χ0v) is 43.3. The summed E-state index contributed by atoms with van der Waals surface area (Å²) in [5.41, 5.74) is 10.6. The zero-order valence-electron chi connectivity index (χ0n) is 43.3. The molecule has 4 amide bonds. The molecule has 4 aromatic rings. The predicted octanol–water partition coefficient (Wildman–Crippen LogP) is 5.87. The zero-order chi connectivity index (χ0) is 51.5. The average molecular weight is 973 g/mol. The van der Waals surface area contributed by atoms with Gasteiger partial charge in [-0.15, -0.1) is 0 Å². The first-order chi connectivity index (χ1) is 33.7. The van der Waals surface area contributed by atoms with Gasteiger partial charge >= 0.3 is 5.97 Å². The molecule has 7 rings (SSSR count). The minimum Gasteiger partial charge on any atom is -0.508 e. The van der Waals surface area contributed by atoms with E-state index in [2.05, 4.69) is 71.0 Å². The number of aromatic nitrogens is 2. The number of hydrogen-bond donors (Lipinski definition) is 3. The first kappa shape index (κ1) is 52.5. The van der Waals surface area contributed by atoms with Gasteiger partial charge in [-0.2, -0.15) is 0 Å². The van der Waals surface area contributed by atoms with E-state index in [0.29, 0.717) is 56.4 Å². The Morgan fingerprint density at radius 2 is 1.80 bits per heavy atom. The fourth-order valence-electron chi connectivity index (χ4n) is 10.5. The standard InChI is InChI=1S/C55H72N8O8/c1-12-15-47(65)61-21-19-38(31-61)52(67)60(10)49(33(3)4)51(66)57-45-25-35-22-39(26-40(64)23-35)37-17-18-46-41(27-37)43(28-55(6,7)32-71-54(69)44-16-14-20-63(58-44)53(45)68)50(62(46)13-2)42-24-36(30-59(8)9)29-56-48(42)34(5)70-11/h17-18,22-24,26-27,29,33-34,38,44-45,49,58,64H,13-14,16,19-21,25,28,30-32H2,1-11H3,(H,57,66)/t34-,38-,44-,45-,49-/m0/s1. The Labute approximate surface area is 418 Å². The number of esters is 1. The molecule has 5 heterocycles. The molecule has 0 aliphatic carbocycles. The molecule has 6 bridgehead atoms. The number of methoxy groups -OCH3 is 1. The summed E-state index contributed by atoms with van der Waals surface area (Å²) in [6, 6.07) is 10.7. The number of fused-ring (bicyclic) bond motifs is 6. The second-order valence-electron chi connectivity index (χ2n) is 20.9. The summed E-state index contributed by atoms with van der Waals surface area (Å²) in [5, 5.41) is 16.8. The number of carbonyl (C=O) groups is 5. The molecule has 16 nitrogen and oxygen atoms in total. The maximum absolute atomic E-state index is 14.8. The summed E-state index contributed by atoms with van der Waals surface area (Å²) in [5.74, 6) is 2.15. The highest BCUT2D eigenvalue weighted by atomic mass is 16.5. The van der Waals surface area contributed by atoms with Gasteiger partial charge in [-0.05, 0) is 131 Å². The van der Waals surface area contributed by atoms with E-state index in [1.807, 2.05) is 53.2 Å². The number of rotatable bonds is 11. The number of hydrogen-bond acceptors (Lipinski definition) is 11. The fourth-order valence-corrected chi connectivity index (χ4v) is 10.5. The molecular weight excluding hydrogens is 901 g/mol. The Balaban J connectivity index is 1.32. The molecule has 3 aliphatic heterocycles. The number of carbonyl (C=O) groups excluding carboxylic acids is 5. The van der Waals surface area contributed by atoms with Gasteiger partial charge in [0.15, 0.2) is 0 Å². The monoisotopic (exact) mass is 973 g/mol. The number of likely N-dealkylation sites (N-methyl/N-ethyl adjacent to an activating group) is 1. The largest absolute Gasteiger partial charge is 0.508 e. The van der Waals surface area contributed by atoms with Crippen LogP contribution in [0.5, 0.6) is 5.75 Å². The van der Waals surface area contributed by atoms with Gasteiger partial charge in [-0.25, -0.2) is 5.43 Å². The van der Waals surface area contributed by atoms with Crippen LogP contribution in [0.3, 0.4) is 0 Å². The van der Waals surface area contributed by atoms with Crippen LogP contribution in [0.15, 0.2) is 48.7 Å². The number of benzene rings is 2. The maximum atomic E-state index is 14.8. The van der Waals surface area contributed by atoms with Crippen molar-refractivity contribution in [2.45, 2.75) is 118 Å². The third-order valence-electron chi connectivity index (χ3n) is 14.0.